The van der Waals surface area contributed by atoms with Gasteiger partial charge in [0.25, 0.3) is 0 Å². The van der Waals surface area contributed by atoms with Gasteiger partial charge in [-0.05, 0) is 30.7 Å². The Kier molecular flexibility index (Phi) is 6.01. The molecule has 0 unspecified atom stereocenters. The van der Waals surface area contributed by atoms with E-state index < -0.39 is 0 Å². The highest BCUT2D eigenvalue weighted by molar-refractivity contribution is 6.01. The minimum atomic E-state index is -0.336. The number of hydrogen-bond donors (Lipinski definition) is 1. The molecule has 6 nitrogen and oxygen atoms in total. The number of nitrogens with one attached hydrogen (secondary N) is 1. The van der Waals surface area contributed by atoms with Crippen LogP contribution in [-0.2, 0) is 4.79 Å². The number of carbonyl (C=O) groups is 2. The van der Waals surface area contributed by atoms with Crippen molar-refractivity contribution in [1.29, 1.82) is 0 Å². The number of methoxy groups -OCH3 is 1. The fourth-order valence-electron chi connectivity index (χ4n) is 2.69. The van der Waals surface area contributed by atoms with Crippen LogP contribution in [0.15, 0.2) is 67.1 Å². The third-order valence-corrected chi connectivity index (χ3v) is 4.14. The zero-order chi connectivity index (χ0) is 19.9. The van der Waals surface area contributed by atoms with E-state index in [-0.39, 0.29) is 18.2 Å². The average molecular weight is 375 g/mol. The average Bonchev–Trinajstić information content (AvgIpc) is 3.16. The summed E-state index contributed by atoms with van der Waals surface area (Å²) in [6.07, 6.45) is 6.70. The van der Waals surface area contributed by atoms with Crippen LogP contribution in [-0.4, -0.2) is 34.9 Å². The third kappa shape index (κ3) is 4.73. The second kappa shape index (κ2) is 8.81. The minimum Gasteiger partial charge on any atom is -0.495 e. The number of rotatable bonds is 7. The molecule has 3 rings (SSSR count). The van der Waals surface area contributed by atoms with Crippen molar-refractivity contribution < 1.29 is 14.3 Å². The number of ether oxygens (including phenoxy) is 1. The van der Waals surface area contributed by atoms with E-state index in [1.165, 1.54) is 6.08 Å². The molecule has 0 spiro atoms. The molecular formula is C22H21N3O3. The Morgan fingerprint density at radius 3 is 2.64 bits per heavy atom. The number of Topliss-reactive ketones (excluding diaryl/α,β-unsaturated/α-hetero) is 1. The lowest BCUT2D eigenvalue weighted by Crippen LogP contribution is -2.27. The maximum absolute atomic E-state index is 12.0. The molecule has 0 aliphatic heterocycles. The van der Waals surface area contributed by atoms with Gasteiger partial charge in [-0.2, -0.15) is 0 Å². The molecule has 6 heteroatoms. The molecule has 1 heterocycles. The second-order valence-corrected chi connectivity index (χ2v) is 6.19. The molecule has 28 heavy (non-hydrogen) atoms. The predicted octanol–water partition coefficient (Wildman–Crippen LogP) is 3.20. The van der Waals surface area contributed by atoms with Crippen LogP contribution in [0.5, 0.6) is 5.75 Å². The quantitative estimate of drug-likeness (QED) is 0.508. The first-order chi connectivity index (χ1) is 13.6. The summed E-state index contributed by atoms with van der Waals surface area (Å²) < 4.78 is 7.34. The lowest BCUT2D eigenvalue weighted by atomic mass is 10.1. The Hall–Kier alpha value is -3.67. The topological polar surface area (TPSA) is 73.2 Å². The van der Waals surface area contributed by atoms with E-state index in [0.29, 0.717) is 11.3 Å². The van der Waals surface area contributed by atoms with Crippen molar-refractivity contribution in [3.8, 4) is 11.4 Å². The SMILES string of the molecule is COc1cc(C=CC(=O)NCC(=O)c2ccccc2)ccc1-n1cnc(C)c1. The molecule has 0 aliphatic carbocycles. The van der Waals surface area contributed by atoms with Crippen molar-refractivity contribution in [3.05, 3.63) is 84.0 Å². The Morgan fingerprint density at radius 1 is 1.18 bits per heavy atom. The summed E-state index contributed by atoms with van der Waals surface area (Å²) in [5.74, 6) is 0.195. The third-order valence-electron chi connectivity index (χ3n) is 4.14. The molecule has 1 amide bonds. The monoisotopic (exact) mass is 375 g/mol. The van der Waals surface area contributed by atoms with Crippen molar-refractivity contribution in [2.45, 2.75) is 6.92 Å². The number of aromatic nitrogens is 2. The van der Waals surface area contributed by atoms with Crippen LogP contribution in [0.1, 0.15) is 21.6 Å². The second-order valence-electron chi connectivity index (χ2n) is 6.19. The van der Waals surface area contributed by atoms with Gasteiger partial charge in [0, 0.05) is 17.8 Å². The van der Waals surface area contributed by atoms with Crippen molar-refractivity contribution in [2.75, 3.05) is 13.7 Å². The molecule has 142 valence electrons. The summed E-state index contributed by atoms with van der Waals surface area (Å²) in [4.78, 5) is 28.2. The molecule has 0 atom stereocenters. The fraction of sp³-hybridized carbons (Fsp3) is 0.136. The highest BCUT2D eigenvalue weighted by atomic mass is 16.5. The lowest BCUT2D eigenvalue weighted by Gasteiger charge is -2.10. The summed E-state index contributed by atoms with van der Waals surface area (Å²) in [5.41, 5.74) is 3.15. The highest BCUT2D eigenvalue weighted by Crippen LogP contribution is 2.25. The first-order valence-electron chi connectivity index (χ1n) is 8.80. The van der Waals surface area contributed by atoms with Gasteiger partial charge in [-0.3, -0.25) is 9.59 Å². The van der Waals surface area contributed by atoms with Crippen LogP contribution in [0, 0.1) is 6.92 Å². The van der Waals surface area contributed by atoms with Gasteiger partial charge in [0.15, 0.2) is 5.78 Å². The number of hydrogen-bond acceptors (Lipinski definition) is 4. The van der Waals surface area contributed by atoms with Crippen LogP contribution < -0.4 is 10.1 Å². The van der Waals surface area contributed by atoms with E-state index in [4.69, 9.17) is 4.74 Å². The van der Waals surface area contributed by atoms with Gasteiger partial charge in [-0.15, -0.1) is 0 Å². The van der Waals surface area contributed by atoms with Gasteiger partial charge >= 0.3 is 0 Å². The van der Waals surface area contributed by atoms with Gasteiger partial charge in [-0.25, -0.2) is 4.98 Å². The Balaban J connectivity index is 1.63. The smallest absolute Gasteiger partial charge is 0.244 e. The van der Waals surface area contributed by atoms with Gasteiger partial charge in [-0.1, -0.05) is 36.4 Å². The highest BCUT2D eigenvalue weighted by Gasteiger charge is 2.08. The first-order valence-corrected chi connectivity index (χ1v) is 8.80. The number of amides is 1. The van der Waals surface area contributed by atoms with Gasteiger partial charge < -0.3 is 14.6 Å². The molecule has 2 aromatic carbocycles. The van der Waals surface area contributed by atoms with E-state index in [1.54, 1.807) is 43.8 Å². The Labute approximate surface area is 163 Å². The van der Waals surface area contributed by atoms with Crippen molar-refractivity contribution in [3.63, 3.8) is 0 Å². The van der Waals surface area contributed by atoms with Crippen LogP contribution in [0.2, 0.25) is 0 Å². The molecule has 0 saturated heterocycles. The maximum Gasteiger partial charge on any atom is 0.244 e. The molecular weight excluding hydrogens is 354 g/mol. The molecule has 3 aromatic rings. The largest absolute Gasteiger partial charge is 0.495 e. The van der Waals surface area contributed by atoms with Gasteiger partial charge in [0.05, 0.1) is 31.4 Å². The van der Waals surface area contributed by atoms with E-state index >= 15 is 0 Å². The molecule has 0 saturated carbocycles. The normalized spacial score (nSPS) is 10.8. The van der Waals surface area contributed by atoms with Crippen LogP contribution in [0.4, 0.5) is 0 Å². The van der Waals surface area contributed by atoms with Crippen molar-refractivity contribution >= 4 is 17.8 Å². The van der Waals surface area contributed by atoms with Crippen LogP contribution in [0.25, 0.3) is 11.8 Å². The van der Waals surface area contributed by atoms with Crippen molar-refractivity contribution in [2.24, 2.45) is 0 Å². The van der Waals surface area contributed by atoms with E-state index in [1.807, 2.05) is 42.0 Å². The molecule has 1 N–H and O–H groups in total. The van der Waals surface area contributed by atoms with E-state index in [2.05, 4.69) is 10.3 Å². The number of aryl methyl sites for hydroxylation is 1. The fourth-order valence-corrected chi connectivity index (χ4v) is 2.69. The summed E-state index contributed by atoms with van der Waals surface area (Å²) >= 11 is 0. The Morgan fingerprint density at radius 2 is 1.96 bits per heavy atom. The lowest BCUT2D eigenvalue weighted by molar-refractivity contribution is -0.116. The Bertz CT molecular complexity index is 1010. The van der Waals surface area contributed by atoms with Gasteiger partial charge in [0.1, 0.15) is 5.75 Å². The van der Waals surface area contributed by atoms with Crippen LogP contribution in [0.3, 0.4) is 0 Å². The summed E-state index contributed by atoms with van der Waals surface area (Å²) in [5, 5.41) is 2.60. The number of imidazole rings is 1. The molecule has 0 bridgehead atoms. The summed E-state index contributed by atoms with van der Waals surface area (Å²) in [6.45, 7) is 1.87. The zero-order valence-corrected chi connectivity index (χ0v) is 15.8. The first kappa shape index (κ1) is 19.1. The predicted molar refractivity (Wildman–Crippen MR) is 108 cm³/mol. The van der Waals surface area contributed by atoms with E-state index in [9.17, 15) is 9.59 Å². The van der Waals surface area contributed by atoms with Crippen LogP contribution >= 0.6 is 0 Å². The molecule has 0 radical (unpaired) electrons. The number of ketones is 1. The van der Waals surface area contributed by atoms with E-state index in [0.717, 1.165) is 16.9 Å². The standard InChI is InChI=1S/C22H21N3O3/c1-16-14-25(15-24-16)19-10-8-17(12-21(19)28-2)9-11-22(27)23-13-20(26)18-6-4-3-5-7-18/h3-12,14-15H,13H2,1-2H3,(H,23,27). The number of carbonyl (C=O) groups excluding carboxylic acids is 2. The zero-order valence-electron chi connectivity index (χ0n) is 15.8. The summed E-state index contributed by atoms with van der Waals surface area (Å²) in [7, 11) is 1.60. The minimum absolute atomic E-state index is 0.0462. The number of nitrogens with zero attached hydrogens (tertiary/aromatic N) is 2. The van der Waals surface area contributed by atoms with Crippen molar-refractivity contribution in [1.82, 2.24) is 14.9 Å². The summed E-state index contributed by atoms with van der Waals surface area (Å²) in [6, 6.07) is 14.5. The molecule has 1 aromatic heterocycles. The maximum atomic E-state index is 12.0. The van der Waals surface area contributed by atoms with Gasteiger partial charge in [0.2, 0.25) is 5.91 Å². The molecule has 0 fully saturated rings. The number of benzene rings is 2. The molecule has 0 aliphatic rings.